The quantitative estimate of drug-likeness (QED) is 0.759. The van der Waals surface area contributed by atoms with Crippen molar-refractivity contribution in [2.75, 3.05) is 13.0 Å². The largest absolute Gasteiger partial charge is 0.495 e. The number of pyridine rings is 1. The van der Waals surface area contributed by atoms with Crippen LogP contribution in [-0.4, -0.2) is 31.6 Å². The Morgan fingerprint density at radius 3 is 2.60 bits per heavy atom. The Morgan fingerprint density at radius 2 is 2.20 bits per heavy atom. The molecule has 15 heavy (non-hydrogen) atoms. The molecule has 0 bridgehead atoms. The van der Waals surface area contributed by atoms with Crippen molar-refractivity contribution < 1.29 is 13.2 Å². The average molecular weight is 250 g/mol. The molecule has 1 aromatic rings. The second kappa shape index (κ2) is 4.81. The van der Waals surface area contributed by atoms with E-state index >= 15 is 0 Å². The smallest absolute Gasteiger partial charge is 0.199 e. The second-order valence-electron chi connectivity index (χ2n) is 3.05. The van der Waals surface area contributed by atoms with Gasteiger partial charge in [-0.05, 0) is 19.1 Å². The first-order chi connectivity index (χ1) is 7.02. The van der Waals surface area contributed by atoms with Crippen LogP contribution in [0.4, 0.5) is 0 Å². The van der Waals surface area contributed by atoms with Gasteiger partial charge < -0.3 is 4.74 Å². The van der Waals surface area contributed by atoms with Crippen molar-refractivity contribution in [3.63, 3.8) is 0 Å². The predicted octanol–water partition coefficient (Wildman–Crippen LogP) is 1.49. The minimum atomic E-state index is -3.41. The van der Waals surface area contributed by atoms with E-state index in [0.717, 1.165) is 0 Å². The molecule has 0 saturated carbocycles. The van der Waals surface area contributed by atoms with Gasteiger partial charge in [0.1, 0.15) is 5.75 Å². The first-order valence-electron chi connectivity index (χ1n) is 4.32. The number of sulfone groups is 1. The van der Waals surface area contributed by atoms with Crippen molar-refractivity contribution >= 4 is 21.4 Å². The van der Waals surface area contributed by atoms with E-state index < -0.39 is 15.1 Å². The van der Waals surface area contributed by atoms with Gasteiger partial charge in [-0.1, -0.05) is 0 Å². The third kappa shape index (κ3) is 2.60. The van der Waals surface area contributed by atoms with Crippen molar-refractivity contribution in [3.05, 3.63) is 18.3 Å². The van der Waals surface area contributed by atoms with E-state index in [2.05, 4.69) is 4.98 Å². The lowest BCUT2D eigenvalue weighted by molar-refractivity contribution is 0.412. The van der Waals surface area contributed by atoms with Gasteiger partial charge in [0, 0.05) is 5.88 Å². The number of nitrogens with zero attached hydrogens (tertiary/aromatic N) is 1. The number of halogens is 1. The van der Waals surface area contributed by atoms with E-state index in [-0.39, 0.29) is 10.9 Å². The average Bonchev–Trinajstić information content (AvgIpc) is 2.28. The fourth-order valence-electron chi connectivity index (χ4n) is 0.945. The van der Waals surface area contributed by atoms with Gasteiger partial charge in [0.15, 0.2) is 14.9 Å². The standard InChI is InChI=1S/C9H12ClNO3S/c1-7(5-10)15(12,13)9-4-3-8(14-2)6-11-9/h3-4,6-7H,5H2,1-2H3. The summed E-state index contributed by atoms with van der Waals surface area (Å²) in [4.78, 5) is 3.82. The molecule has 6 heteroatoms. The van der Waals surface area contributed by atoms with Gasteiger partial charge in [0.2, 0.25) is 0 Å². The molecule has 1 heterocycles. The number of alkyl halides is 1. The van der Waals surface area contributed by atoms with E-state index in [9.17, 15) is 8.42 Å². The van der Waals surface area contributed by atoms with Crippen molar-refractivity contribution in [3.8, 4) is 5.75 Å². The molecule has 0 aliphatic carbocycles. The first-order valence-corrected chi connectivity index (χ1v) is 6.40. The molecule has 0 aliphatic heterocycles. The summed E-state index contributed by atoms with van der Waals surface area (Å²) in [5, 5.41) is -0.614. The van der Waals surface area contributed by atoms with Crippen LogP contribution in [0.5, 0.6) is 5.75 Å². The highest BCUT2D eigenvalue weighted by molar-refractivity contribution is 7.92. The Bertz CT molecular complexity index is 415. The molecule has 1 unspecified atom stereocenters. The Kier molecular flexibility index (Phi) is 3.93. The maximum Gasteiger partial charge on any atom is 0.199 e. The molecule has 0 saturated heterocycles. The van der Waals surface area contributed by atoms with E-state index in [0.29, 0.717) is 5.75 Å². The second-order valence-corrected chi connectivity index (χ2v) is 5.67. The number of hydrogen-bond acceptors (Lipinski definition) is 4. The number of aromatic nitrogens is 1. The Morgan fingerprint density at radius 1 is 1.53 bits per heavy atom. The molecule has 1 atom stereocenters. The zero-order valence-corrected chi connectivity index (χ0v) is 10.0. The minimum absolute atomic E-state index is 0.0245. The molecule has 0 aromatic carbocycles. The molecule has 1 aromatic heterocycles. The van der Waals surface area contributed by atoms with Crippen molar-refractivity contribution in [1.29, 1.82) is 0 Å². The monoisotopic (exact) mass is 249 g/mol. The fraction of sp³-hybridized carbons (Fsp3) is 0.444. The van der Waals surface area contributed by atoms with Gasteiger partial charge in [-0.15, -0.1) is 11.6 Å². The van der Waals surface area contributed by atoms with Gasteiger partial charge >= 0.3 is 0 Å². The summed E-state index contributed by atoms with van der Waals surface area (Å²) in [7, 11) is -1.92. The molecule has 0 amide bonds. The van der Waals surface area contributed by atoms with Gasteiger partial charge in [-0.2, -0.15) is 0 Å². The third-order valence-corrected chi connectivity index (χ3v) is 4.68. The summed E-state index contributed by atoms with van der Waals surface area (Å²) >= 11 is 5.51. The Hall–Kier alpha value is -0.810. The molecule has 4 nitrogen and oxygen atoms in total. The molecule has 0 fully saturated rings. The summed E-state index contributed by atoms with van der Waals surface area (Å²) in [6.07, 6.45) is 1.37. The van der Waals surface area contributed by atoms with Crippen molar-refractivity contribution in [2.45, 2.75) is 17.2 Å². The number of methoxy groups -OCH3 is 1. The molecular weight excluding hydrogens is 238 g/mol. The zero-order chi connectivity index (χ0) is 11.5. The van der Waals surface area contributed by atoms with Crippen LogP contribution < -0.4 is 4.74 Å². The zero-order valence-electron chi connectivity index (χ0n) is 8.47. The van der Waals surface area contributed by atoms with Crippen molar-refractivity contribution in [1.82, 2.24) is 4.98 Å². The summed E-state index contributed by atoms with van der Waals surface area (Å²) < 4.78 is 28.4. The van der Waals surface area contributed by atoms with Gasteiger partial charge in [-0.3, -0.25) is 0 Å². The van der Waals surface area contributed by atoms with Gasteiger partial charge in [0.05, 0.1) is 18.6 Å². The van der Waals surface area contributed by atoms with E-state index in [1.165, 1.54) is 19.4 Å². The SMILES string of the molecule is COc1ccc(S(=O)(=O)C(C)CCl)nc1. The van der Waals surface area contributed by atoms with Crippen LogP contribution in [-0.2, 0) is 9.84 Å². The number of rotatable bonds is 4. The predicted molar refractivity (Wildman–Crippen MR) is 58.2 cm³/mol. The van der Waals surface area contributed by atoms with E-state index in [4.69, 9.17) is 16.3 Å². The summed E-state index contributed by atoms with van der Waals surface area (Å²) in [5.41, 5.74) is 0. The van der Waals surface area contributed by atoms with Crippen LogP contribution in [0.3, 0.4) is 0 Å². The fourth-order valence-corrected chi connectivity index (χ4v) is 2.48. The van der Waals surface area contributed by atoms with E-state index in [1.54, 1.807) is 13.0 Å². The highest BCUT2D eigenvalue weighted by Crippen LogP contribution is 2.17. The Labute approximate surface area is 94.2 Å². The maximum atomic E-state index is 11.8. The molecule has 0 N–H and O–H groups in total. The van der Waals surface area contributed by atoms with Gasteiger partial charge in [-0.25, -0.2) is 13.4 Å². The van der Waals surface area contributed by atoms with Crippen LogP contribution in [0.1, 0.15) is 6.92 Å². The lowest BCUT2D eigenvalue weighted by Gasteiger charge is -2.08. The highest BCUT2D eigenvalue weighted by Gasteiger charge is 2.23. The number of ether oxygens (including phenoxy) is 1. The highest BCUT2D eigenvalue weighted by atomic mass is 35.5. The van der Waals surface area contributed by atoms with Gasteiger partial charge in [0.25, 0.3) is 0 Å². The molecular formula is C9H12ClNO3S. The van der Waals surface area contributed by atoms with E-state index in [1.807, 2.05) is 0 Å². The third-order valence-electron chi connectivity index (χ3n) is 1.98. The lowest BCUT2D eigenvalue weighted by Crippen LogP contribution is -2.20. The van der Waals surface area contributed by atoms with Crippen LogP contribution >= 0.6 is 11.6 Å². The van der Waals surface area contributed by atoms with Crippen LogP contribution in [0.25, 0.3) is 0 Å². The van der Waals surface area contributed by atoms with Crippen molar-refractivity contribution in [2.24, 2.45) is 0 Å². The van der Waals surface area contributed by atoms with Crippen LogP contribution in [0, 0.1) is 0 Å². The number of hydrogen-bond donors (Lipinski definition) is 0. The summed E-state index contributed by atoms with van der Waals surface area (Å²) in [6, 6.07) is 2.97. The Balaban J connectivity index is 3.06. The summed E-state index contributed by atoms with van der Waals surface area (Å²) in [5.74, 6) is 0.572. The minimum Gasteiger partial charge on any atom is -0.495 e. The van der Waals surface area contributed by atoms with Crippen LogP contribution in [0.15, 0.2) is 23.4 Å². The molecule has 0 aliphatic rings. The molecule has 0 radical (unpaired) electrons. The first kappa shape index (κ1) is 12.3. The lowest BCUT2D eigenvalue weighted by atomic mass is 10.5. The maximum absolute atomic E-state index is 11.8. The molecule has 84 valence electrons. The molecule has 0 spiro atoms. The molecule has 1 rings (SSSR count). The van der Waals surface area contributed by atoms with Crippen LogP contribution in [0.2, 0.25) is 0 Å². The normalized spacial score (nSPS) is 13.5. The topological polar surface area (TPSA) is 56.3 Å². The summed E-state index contributed by atoms with van der Waals surface area (Å²) in [6.45, 7) is 1.55.